The highest BCUT2D eigenvalue weighted by molar-refractivity contribution is 14.1. The van der Waals surface area contributed by atoms with Crippen molar-refractivity contribution in [3.8, 4) is 17.6 Å². The van der Waals surface area contributed by atoms with Crippen LogP contribution in [0.15, 0.2) is 65.1 Å². The van der Waals surface area contributed by atoms with Crippen molar-refractivity contribution in [3.05, 3.63) is 95.5 Å². The second kappa shape index (κ2) is 10.4. The molecule has 0 atom stereocenters. The van der Waals surface area contributed by atoms with Crippen LogP contribution < -0.4 is 9.47 Å². The zero-order valence-electron chi connectivity index (χ0n) is 16.3. The maximum Gasteiger partial charge on any atom is 0.269 e. The fourth-order valence-electron chi connectivity index (χ4n) is 2.81. The standard InChI is InChI=1S/C23H16BrIN2O4/c1-30-22-12-16(10-18(13-26)17-4-8-20(9-5-17)27(28)29)11-21(24)23(22)31-14-15-2-6-19(25)7-3-15/h2-12H,14H2,1H3/b18-10-. The number of non-ortho nitro benzene ring substituents is 1. The number of nitriles is 1. The van der Waals surface area contributed by atoms with E-state index in [4.69, 9.17) is 9.47 Å². The van der Waals surface area contributed by atoms with Crippen molar-refractivity contribution in [1.29, 1.82) is 5.26 Å². The van der Waals surface area contributed by atoms with Gasteiger partial charge in [0.15, 0.2) is 11.5 Å². The molecule has 3 aromatic carbocycles. The Balaban J connectivity index is 1.87. The first kappa shape index (κ1) is 22.8. The molecule has 0 aliphatic heterocycles. The first-order valence-electron chi connectivity index (χ1n) is 9.02. The summed E-state index contributed by atoms with van der Waals surface area (Å²) in [4.78, 5) is 10.4. The third-order valence-corrected chi connectivity index (χ3v) is 5.68. The van der Waals surface area contributed by atoms with Crippen molar-refractivity contribution in [2.75, 3.05) is 7.11 Å². The van der Waals surface area contributed by atoms with Gasteiger partial charge in [0.05, 0.1) is 28.1 Å². The number of nitro groups is 1. The summed E-state index contributed by atoms with van der Waals surface area (Å²) in [6.45, 7) is 0.382. The summed E-state index contributed by atoms with van der Waals surface area (Å²) in [5, 5.41) is 20.4. The summed E-state index contributed by atoms with van der Waals surface area (Å²) in [5.74, 6) is 1.08. The molecule has 3 rings (SSSR count). The molecule has 0 radical (unpaired) electrons. The van der Waals surface area contributed by atoms with Gasteiger partial charge in [-0.2, -0.15) is 5.26 Å². The van der Waals surface area contributed by atoms with Crippen LogP contribution >= 0.6 is 38.5 Å². The minimum Gasteiger partial charge on any atom is -0.493 e. The molecule has 0 aliphatic rings. The van der Waals surface area contributed by atoms with Gasteiger partial charge in [-0.05, 0) is 97.7 Å². The third kappa shape index (κ3) is 5.83. The Morgan fingerprint density at radius 1 is 1.19 bits per heavy atom. The van der Waals surface area contributed by atoms with E-state index in [-0.39, 0.29) is 5.69 Å². The molecule has 0 aromatic heterocycles. The van der Waals surface area contributed by atoms with Crippen LogP contribution in [0, 0.1) is 25.0 Å². The zero-order chi connectivity index (χ0) is 22.4. The molecule has 0 heterocycles. The number of allylic oxidation sites excluding steroid dienone is 1. The highest BCUT2D eigenvalue weighted by Crippen LogP contribution is 2.38. The lowest BCUT2D eigenvalue weighted by Gasteiger charge is -2.14. The summed E-state index contributed by atoms with van der Waals surface area (Å²) in [6, 6.07) is 19.6. The molecule has 3 aromatic rings. The Morgan fingerprint density at radius 3 is 2.45 bits per heavy atom. The van der Waals surface area contributed by atoms with E-state index in [1.165, 1.54) is 12.1 Å². The van der Waals surface area contributed by atoms with E-state index in [9.17, 15) is 15.4 Å². The first-order valence-corrected chi connectivity index (χ1v) is 10.9. The average Bonchev–Trinajstić information content (AvgIpc) is 2.77. The van der Waals surface area contributed by atoms with Crippen LogP contribution in [0.2, 0.25) is 0 Å². The molecule has 8 heteroatoms. The smallest absolute Gasteiger partial charge is 0.269 e. The lowest BCUT2D eigenvalue weighted by atomic mass is 10.0. The number of hydrogen-bond acceptors (Lipinski definition) is 5. The fraction of sp³-hybridized carbons (Fsp3) is 0.0870. The lowest BCUT2D eigenvalue weighted by Crippen LogP contribution is -1.99. The monoisotopic (exact) mass is 590 g/mol. The van der Waals surface area contributed by atoms with Crippen molar-refractivity contribution in [2.45, 2.75) is 6.61 Å². The highest BCUT2D eigenvalue weighted by Gasteiger charge is 2.13. The maximum atomic E-state index is 10.8. The van der Waals surface area contributed by atoms with Crippen LogP contribution in [-0.2, 0) is 6.61 Å². The molecular formula is C23H16BrIN2O4. The Labute approximate surface area is 201 Å². The fourth-order valence-corrected chi connectivity index (χ4v) is 3.74. The Kier molecular flexibility index (Phi) is 7.65. The number of benzene rings is 3. The van der Waals surface area contributed by atoms with Gasteiger partial charge in [-0.15, -0.1) is 0 Å². The van der Waals surface area contributed by atoms with Gasteiger partial charge in [0.2, 0.25) is 0 Å². The molecule has 0 N–H and O–H groups in total. The van der Waals surface area contributed by atoms with Crippen molar-refractivity contribution in [1.82, 2.24) is 0 Å². The van der Waals surface area contributed by atoms with E-state index >= 15 is 0 Å². The molecule has 31 heavy (non-hydrogen) atoms. The largest absolute Gasteiger partial charge is 0.493 e. The molecule has 0 saturated heterocycles. The predicted octanol–water partition coefficient (Wildman–Crippen LogP) is 6.61. The summed E-state index contributed by atoms with van der Waals surface area (Å²) in [5.41, 5.74) is 2.68. The lowest BCUT2D eigenvalue weighted by molar-refractivity contribution is -0.384. The van der Waals surface area contributed by atoms with Gasteiger partial charge >= 0.3 is 0 Å². The minimum atomic E-state index is -0.476. The summed E-state index contributed by atoms with van der Waals surface area (Å²) < 4.78 is 13.3. The quantitative estimate of drug-likeness (QED) is 0.102. The van der Waals surface area contributed by atoms with Gasteiger partial charge < -0.3 is 9.47 Å². The molecule has 0 bridgehead atoms. The van der Waals surface area contributed by atoms with Crippen LogP contribution in [0.4, 0.5) is 5.69 Å². The molecule has 0 fully saturated rings. The molecule has 0 amide bonds. The molecule has 156 valence electrons. The number of hydrogen-bond donors (Lipinski definition) is 0. The number of rotatable bonds is 7. The number of nitro benzene ring substituents is 1. The first-order chi connectivity index (χ1) is 14.9. The van der Waals surface area contributed by atoms with Crippen LogP contribution in [0.1, 0.15) is 16.7 Å². The normalized spacial score (nSPS) is 11.0. The van der Waals surface area contributed by atoms with Gasteiger partial charge in [0.1, 0.15) is 6.61 Å². The number of methoxy groups -OCH3 is 1. The Hall–Kier alpha value is -2.90. The summed E-state index contributed by atoms with van der Waals surface area (Å²) in [7, 11) is 1.55. The van der Waals surface area contributed by atoms with Crippen LogP contribution in [0.5, 0.6) is 11.5 Å². The molecule has 0 unspecified atom stereocenters. The van der Waals surface area contributed by atoms with Gasteiger partial charge in [-0.3, -0.25) is 10.1 Å². The van der Waals surface area contributed by atoms with Crippen molar-refractivity contribution < 1.29 is 14.4 Å². The van der Waals surface area contributed by atoms with E-state index in [2.05, 4.69) is 44.6 Å². The molecular weight excluding hydrogens is 575 g/mol. The summed E-state index contributed by atoms with van der Waals surface area (Å²) in [6.07, 6.45) is 1.69. The Bertz CT molecular complexity index is 1170. The maximum absolute atomic E-state index is 10.8. The zero-order valence-corrected chi connectivity index (χ0v) is 20.1. The minimum absolute atomic E-state index is 0.0277. The third-order valence-electron chi connectivity index (χ3n) is 4.37. The van der Waals surface area contributed by atoms with Crippen LogP contribution in [-0.4, -0.2) is 12.0 Å². The van der Waals surface area contributed by atoms with Gasteiger partial charge in [-0.25, -0.2) is 0 Å². The number of nitrogens with zero attached hydrogens (tertiary/aromatic N) is 2. The van der Waals surface area contributed by atoms with Gasteiger partial charge in [0.25, 0.3) is 5.69 Å². The van der Waals surface area contributed by atoms with Crippen molar-refractivity contribution in [2.24, 2.45) is 0 Å². The van der Waals surface area contributed by atoms with Gasteiger partial charge in [-0.1, -0.05) is 12.1 Å². The van der Waals surface area contributed by atoms with Crippen LogP contribution in [0.25, 0.3) is 11.6 Å². The van der Waals surface area contributed by atoms with E-state index in [1.54, 1.807) is 31.4 Å². The Morgan fingerprint density at radius 2 is 1.87 bits per heavy atom. The van der Waals surface area contributed by atoms with E-state index in [0.29, 0.717) is 33.7 Å². The van der Waals surface area contributed by atoms with E-state index in [0.717, 1.165) is 14.7 Å². The highest BCUT2D eigenvalue weighted by atomic mass is 127. The van der Waals surface area contributed by atoms with Gasteiger partial charge in [0, 0.05) is 15.7 Å². The number of halogens is 2. The number of ether oxygens (including phenoxy) is 2. The predicted molar refractivity (Wildman–Crippen MR) is 131 cm³/mol. The van der Waals surface area contributed by atoms with E-state index < -0.39 is 4.92 Å². The topological polar surface area (TPSA) is 85.4 Å². The van der Waals surface area contributed by atoms with Crippen molar-refractivity contribution in [3.63, 3.8) is 0 Å². The second-order valence-corrected chi connectivity index (χ2v) is 8.52. The van der Waals surface area contributed by atoms with Crippen molar-refractivity contribution >= 4 is 55.9 Å². The molecule has 6 nitrogen and oxygen atoms in total. The molecule has 0 aliphatic carbocycles. The molecule has 0 spiro atoms. The second-order valence-electron chi connectivity index (χ2n) is 6.42. The summed E-state index contributed by atoms with van der Waals surface area (Å²) >= 11 is 5.78. The van der Waals surface area contributed by atoms with Crippen LogP contribution in [0.3, 0.4) is 0 Å². The van der Waals surface area contributed by atoms with E-state index in [1.807, 2.05) is 30.3 Å². The average molecular weight is 591 g/mol. The molecule has 0 saturated carbocycles. The SMILES string of the molecule is COc1cc(/C=C(/C#N)c2ccc([N+](=O)[O-])cc2)cc(Br)c1OCc1ccc(I)cc1.